The van der Waals surface area contributed by atoms with E-state index in [9.17, 15) is 43.2 Å². The summed E-state index contributed by atoms with van der Waals surface area (Å²) in [5.41, 5.74) is 14.5. The third-order valence-corrected chi connectivity index (χ3v) is 31.5. The molecule has 42 heteroatoms. The van der Waals surface area contributed by atoms with Gasteiger partial charge in [0.25, 0.3) is 33.4 Å². The number of aromatic nitrogens is 18. The number of carbonyl (C=O) groups is 1. The summed E-state index contributed by atoms with van der Waals surface area (Å²) in [5.74, 6) is 0.682. The molecule has 30 nitrogen and oxygen atoms in total. The number of nitrogens with one attached hydrogen (secondary N) is 2. The number of methoxy groups -OCH3 is 1. The van der Waals surface area contributed by atoms with Crippen molar-refractivity contribution in [3.63, 3.8) is 0 Å². The zero-order chi connectivity index (χ0) is 97.2. The molecule has 0 aliphatic heterocycles. The molecule has 24 aromatic rings. The normalized spacial score (nSPS) is 11.1. The lowest BCUT2D eigenvalue weighted by Crippen LogP contribution is -2.17. The van der Waals surface area contributed by atoms with Gasteiger partial charge in [0.15, 0.2) is 11.7 Å². The Morgan fingerprint density at radius 1 is 0.359 bits per heavy atom. The minimum absolute atomic E-state index is 0. The number of rotatable bonds is 9. The SMILES string of the molecule is C=Cc1cnc2sc3c(=O)n(-c4ccc(C)cc4)cnc3c2c1Cl.COc1ccnc2sc3c(=O)n(-c4ccc(C)cc4)cnc3c12.Cc1ccc(-n2cnc3c(sc4[nH]cc(Br)c(=O)c43)c2=O)cc1.Cc1ccc(-n2cnc3c(sc4[nH]ccc(=O)c43)c2=O)cc1.Cc1ccc(-n2cnc3c(sc4ncc(Br)c(Cl)c43)c2=O)cc1.Cc1ccc(-n2cnc3c(sc4ncc(C=O)c(Cl)c43)c2=O)cc1.N.O.P.[HH]. The minimum Gasteiger partial charge on any atom is -0.496 e. The Hall–Kier alpha value is -14.2. The summed E-state index contributed by atoms with van der Waals surface area (Å²) in [7, 11) is 1.60. The van der Waals surface area contributed by atoms with Crippen LogP contribution in [0.3, 0.4) is 0 Å². The standard InChI is InChI=1S/C18H12ClN3OS.C17H10ClN3O2S.C17H13N3O2S.C16H9BrClN3OS.C16H10BrN3O2S.C16H11N3O2S.H3N.H2O.H3P.H2/c1-3-11-8-20-17-13(14(11)19)15-16(24-17)18(23)22(9-21-15)12-6-4-10(2)5-7-12;1-9-2-4-11(5-3-9)21-8-20-14-12-13(18)10(7-22)6-19-16(12)24-15(14)17(21)23;1-10-3-5-11(6-4-10)20-9-19-14-13-12(22-2)7-8-18-16(13)23-15(14)17(20)21;1-8-2-4-9(5-3-8)21-7-20-13-11-12(18)10(17)6-19-15(11)23-14(13)16(21)22;1-8-2-4-9(5-3-8)20-7-19-12-11-13(21)10(17)6-18-15(11)23-14(12)16(20)22;1-9-2-4-10(5-3-9)19-8-18-13-12-11(20)6-7-17-15(12)22-14(13)16(19)21;;;;/h3-9H,1H2,2H3;2-8H,1H3;3-9H,1-2H3;2-7H,1H3;2-7H,1H3,(H,18,21);2-8H,1H3,(H,17,20);1H3;1H2;1H3;1H. The maximum absolute atomic E-state index is 12.9. The number of aromatic amines is 2. The number of hydrogen-bond donors (Lipinski definition) is 3. The van der Waals surface area contributed by atoms with Crippen molar-refractivity contribution in [2.75, 3.05) is 7.11 Å². The van der Waals surface area contributed by atoms with Gasteiger partial charge in [0.2, 0.25) is 5.43 Å². The first kappa shape index (κ1) is 101. The number of aldehydes is 1. The lowest BCUT2D eigenvalue weighted by Gasteiger charge is -2.05. The number of hydrogen-bond acceptors (Lipinski definition) is 27. The predicted octanol–water partition coefficient (Wildman–Crippen LogP) is 22.0. The van der Waals surface area contributed by atoms with Gasteiger partial charge in [0.05, 0.1) is 120 Å². The molecule has 0 amide bonds. The fourth-order valence-electron chi connectivity index (χ4n) is 15.1. The molecule has 1 atom stereocenters. The second-order valence-corrected chi connectivity index (χ2v) is 40.3. The van der Waals surface area contributed by atoms with Gasteiger partial charge in [-0.15, -0.1) is 68.0 Å². The molecule has 0 aliphatic rings. The molecule has 142 heavy (non-hydrogen) atoms. The highest BCUT2D eigenvalue weighted by molar-refractivity contribution is 9.10. The summed E-state index contributed by atoms with van der Waals surface area (Å²) in [6.07, 6.45) is 20.9. The van der Waals surface area contributed by atoms with Crippen LogP contribution in [0, 0.1) is 41.5 Å². The molecule has 0 aliphatic carbocycles. The number of benzene rings is 6. The molecule has 1 unspecified atom stereocenters. The molecule has 24 rings (SSSR count). The van der Waals surface area contributed by atoms with Crippen LogP contribution in [0.1, 0.15) is 50.7 Å². The van der Waals surface area contributed by atoms with Crippen molar-refractivity contribution in [2.45, 2.75) is 41.5 Å². The van der Waals surface area contributed by atoms with Gasteiger partial charge in [-0.2, -0.15) is 9.90 Å². The van der Waals surface area contributed by atoms with Crippen LogP contribution in [0.25, 0.3) is 163 Å². The maximum atomic E-state index is 12.9. The quantitative estimate of drug-likeness (QED) is 0.0892. The summed E-state index contributed by atoms with van der Waals surface area (Å²) < 4.78 is 18.7. The number of thiophene rings is 6. The maximum Gasteiger partial charge on any atom is 0.275 e. The van der Waals surface area contributed by atoms with Gasteiger partial charge in [-0.1, -0.05) is 154 Å². The van der Waals surface area contributed by atoms with Gasteiger partial charge in [0.1, 0.15) is 117 Å². The number of aryl methyl sites for hydroxylation is 6. The molecule has 18 aromatic heterocycles. The van der Waals surface area contributed by atoms with Crippen LogP contribution in [0.2, 0.25) is 15.1 Å². The lowest BCUT2D eigenvalue weighted by atomic mass is 10.2. The van der Waals surface area contributed by atoms with Gasteiger partial charge in [-0.25, -0.2) is 49.8 Å². The van der Waals surface area contributed by atoms with Crippen molar-refractivity contribution < 1.29 is 16.4 Å². The van der Waals surface area contributed by atoms with Crippen molar-refractivity contribution >= 4 is 280 Å². The van der Waals surface area contributed by atoms with Crippen molar-refractivity contribution in [3.05, 3.63) is 391 Å². The van der Waals surface area contributed by atoms with E-state index in [1.807, 2.05) is 187 Å². The van der Waals surface area contributed by atoms with E-state index in [4.69, 9.17) is 39.5 Å². The van der Waals surface area contributed by atoms with Gasteiger partial charge < -0.3 is 26.3 Å². The van der Waals surface area contributed by atoms with Crippen molar-refractivity contribution in [3.8, 4) is 39.9 Å². The van der Waals surface area contributed by atoms with Gasteiger partial charge in [0, 0.05) is 50.2 Å². The second-order valence-electron chi connectivity index (χ2n) is 31.5. The largest absolute Gasteiger partial charge is 0.496 e. The van der Waals surface area contributed by atoms with E-state index < -0.39 is 0 Å². The highest BCUT2D eigenvalue weighted by Gasteiger charge is 2.25. The number of nitrogens with zero attached hydrogens (tertiary/aromatic N) is 16. The number of H-pyrrole nitrogens is 2. The summed E-state index contributed by atoms with van der Waals surface area (Å²) in [5, 5.41) is 5.04. The van der Waals surface area contributed by atoms with Gasteiger partial charge in [-0.3, -0.25) is 70.6 Å². The molecule has 7 N–H and O–H groups in total. The predicted molar refractivity (Wildman–Crippen MR) is 591 cm³/mol. The second kappa shape index (κ2) is 41.9. The minimum atomic E-state index is -0.185. The summed E-state index contributed by atoms with van der Waals surface area (Å²) in [6, 6.07) is 49.4. The van der Waals surface area contributed by atoms with Crippen LogP contribution in [-0.2, 0) is 0 Å². The van der Waals surface area contributed by atoms with E-state index in [1.54, 1.807) is 82.9 Å². The molecule has 712 valence electrons. The van der Waals surface area contributed by atoms with E-state index in [0.717, 1.165) is 83.3 Å². The van der Waals surface area contributed by atoms with Crippen molar-refractivity contribution in [1.29, 1.82) is 0 Å². The van der Waals surface area contributed by atoms with E-state index in [-0.39, 0.29) is 77.8 Å². The molecule has 0 fully saturated rings. The zero-order valence-electron chi connectivity index (χ0n) is 75.3. The van der Waals surface area contributed by atoms with Crippen LogP contribution in [0.4, 0.5) is 0 Å². The fourth-order valence-corrected chi connectivity index (χ4v) is 23.0. The van der Waals surface area contributed by atoms with Crippen LogP contribution in [0.5, 0.6) is 5.75 Å². The molecule has 0 radical (unpaired) electrons. The lowest BCUT2D eigenvalue weighted by molar-refractivity contribution is 0.112. The fraction of sp³-hybridized carbons (Fsp3) is 0.0700. The third kappa shape index (κ3) is 18.9. The Morgan fingerprint density at radius 2 is 0.648 bits per heavy atom. The average Bonchev–Trinajstić information content (AvgIpc) is 1.62. The number of halogens is 5. The average molecular weight is 2210 g/mol. The van der Waals surface area contributed by atoms with Gasteiger partial charge >= 0.3 is 0 Å². The van der Waals surface area contributed by atoms with Gasteiger partial charge in [-0.05, 0) is 152 Å². The number of carbonyl (C=O) groups excluding carboxylic acids is 1. The Morgan fingerprint density at radius 3 is 0.986 bits per heavy atom. The highest BCUT2D eigenvalue weighted by Crippen LogP contribution is 2.42. The molecule has 6 aromatic carbocycles. The molecule has 0 bridgehead atoms. The Labute approximate surface area is 860 Å². The zero-order valence-corrected chi connectivity index (χ0v) is 87.0. The van der Waals surface area contributed by atoms with E-state index in [1.165, 1.54) is 113 Å². The van der Waals surface area contributed by atoms with E-state index in [2.05, 4.69) is 98.2 Å². The molecular formula is C100H75Br2Cl3N19O11PS6. The first-order valence-corrected chi connectivity index (χ1v) is 49.4. The number of ether oxygens (including phenoxy) is 1. The Kier molecular flexibility index (Phi) is 29.8. The first-order chi connectivity index (χ1) is 67.1. The smallest absolute Gasteiger partial charge is 0.275 e. The third-order valence-electron chi connectivity index (χ3n) is 22.4. The monoisotopic (exact) mass is 2200 g/mol. The molecule has 0 saturated heterocycles. The van der Waals surface area contributed by atoms with Crippen LogP contribution < -0.4 is 55.1 Å². The number of pyridine rings is 6. The van der Waals surface area contributed by atoms with Crippen molar-refractivity contribution in [2.24, 2.45) is 0 Å². The molecule has 0 spiro atoms. The highest BCUT2D eigenvalue weighted by atomic mass is 79.9. The summed E-state index contributed by atoms with van der Waals surface area (Å²) in [6.45, 7) is 15.7. The summed E-state index contributed by atoms with van der Waals surface area (Å²) in [4.78, 5) is 166. The number of fused-ring (bicyclic) bond motifs is 18. The summed E-state index contributed by atoms with van der Waals surface area (Å²) >= 11 is 33.3. The van der Waals surface area contributed by atoms with Crippen LogP contribution >= 0.6 is 145 Å². The molecule has 0 saturated carbocycles. The van der Waals surface area contributed by atoms with Crippen LogP contribution in [-0.4, -0.2) is 106 Å². The Balaban J connectivity index is 0.000000129. The van der Waals surface area contributed by atoms with Crippen LogP contribution in [0.15, 0.2) is 287 Å². The van der Waals surface area contributed by atoms with E-state index in [0.29, 0.717) is 143 Å². The Bertz CT molecular complexity index is 9510. The van der Waals surface area contributed by atoms with E-state index >= 15 is 0 Å². The first-order valence-electron chi connectivity index (χ1n) is 41.8. The molecular weight excluding hydrogens is 2130 g/mol. The van der Waals surface area contributed by atoms with Crippen molar-refractivity contribution in [1.82, 2.24) is 93.4 Å². The topological polar surface area (TPSA) is 419 Å². The molecule has 18 heterocycles.